The van der Waals surface area contributed by atoms with Gasteiger partial charge in [0.2, 0.25) is 0 Å². The summed E-state index contributed by atoms with van der Waals surface area (Å²) < 4.78 is 10.0. The van der Waals surface area contributed by atoms with Crippen molar-refractivity contribution in [3.05, 3.63) is 40.6 Å². The van der Waals surface area contributed by atoms with Crippen LogP contribution in [0.25, 0.3) is 10.9 Å². The largest absolute Gasteiger partial charge is 0.477 e. The first-order chi connectivity index (χ1) is 9.54. The second-order valence-electron chi connectivity index (χ2n) is 4.02. The Labute approximate surface area is 114 Å². The van der Waals surface area contributed by atoms with Crippen molar-refractivity contribution in [1.29, 1.82) is 0 Å². The molecule has 0 radical (unpaired) electrons. The highest BCUT2D eigenvalue weighted by Gasteiger charge is 2.20. The van der Waals surface area contributed by atoms with E-state index in [1.54, 1.807) is 12.1 Å². The number of esters is 1. The van der Waals surface area contributed by atoms with Gasteiger partial charge < -0.3 is 9.47 Å². The van der Waals surface area contributed by atoms with Crippen molar-refractivity contribution in [2.24, 2.45) is 0 Å². The number of nitro benzene ring substituents is 1. The molecule has 0 bridgehead atoms. The molecule has 0 fully saturated rings. The molecule has 2 aromatic rings. The van der Waals surface area contributed by atoms with E-state index in [-0.39, 0.29) is 5.69 Å². The number of carbonyl (C=O) groups excluding carboxylic acids is 1. The van der Waals surface area contributed by atoms with Gasteiger partial charge in [-0.1, -0.05) is 0 Å². The van der Waals surface area contributed by atoms with Crippen LogP contribution in [0.5, 0.6) is 5.75 Å². The maximum Gasteiger partial charge on any atom is 0.346 e. The SMILES string of the molecule is COC(=O)[C@@H](C)Oc1ccc([N+](=O)[O-])c2cccnc12. The first-order valence-corrected chi connectivity index (χ1v) is 5.81. The van der Waals surface area contributed by atoms with Crippen molar-refractivity contribution in [3.63, 3.8) is 0 Å². The molecule has 1 heterocycles. The Bertz CT molecular complexity index is 671. The number of methoxy groups -OCH3 is 1. The minimum atomic E-state index is -0.827. The van der Waals surface area contributed by atoms with Crippen LogP contribution in [0.2, 0.25) is 0 Å². The Morgan fingerprint density at radius 2 is 2.15 bits per heavy atom. The number of pyridine rings is 1. The zero-order valence-corrected chi connectivity index (χ0v) is 10.9. The number of ether oxygens (including phenoxy) is 2. The van der Waals surface area contributed by atoms with Crippen molar-refractivity contribution in [2.75, 3.05) is 7.11 Å². The van der Waals surface area contributed by atoms with Crippen LogP contribution in [0.1, 0.15) is 6.92 Å². The Morgan fingerprint density at radius 3 is 2.80 bits per heavy atom. The van der Waals surface area contributed by atoms with Gasteiger partial charge in [-0.2, -0.15) is 0 Å². The van der Waals surface area contributed by atoms with Crippen LogP contribution >= 0.6 is 0 Å². The lowest BCUT2D eigenvalue weighted by molar-refractivity contribution is -0.383. The van der Waals surface area contributed by atoms with E-state index >= 15 is 0 Å². The molecule has 0 N–H and O–H groups in total. The molecule has 0 saturated heterocycles. The van der Waals surface area contributed by atoms with E-state index in [1.807, 2.05) is 0 Å². The van der Waals surface area contributed by atoms with Crippen LogP contribution in [0, 0.1) is 10.1 Å². The molecular formula is C13H12N2O5. The second-order valence-corrected chi connectivity index (χ2v) is 4.02. The fourth-order valence-corrected chi connectivity index (χ4v) is 1.79. The molecule has 1 aromatic carbocycles. The molecule has 2 rings (SSSR count). The van der Waals surface area contributed by atoms with E-state index in [2.05, 4.69) is 9.72 Å². The predicted molar refractivity (Wildman–Crippen MR) is 70.5 cm³/mol. The van der Waals surface area contributed by atoms with Gasteiger partial charge in [0, 0.05) is 12.3 Å². The quantitative estimate of drug-likeness (QED) is 0.482. The molecule has 7 heteroatoms. The van der Waals surface area contributed by atoms with Crippen LogP contribution in [0.4, 0.5) is 5.69 Å². The van der Waals surface area contributed by atoms with Gasteiger partial charge in [0.05, 0.1) is 17.4 Å². The lowest BCUT2D eigenvalue weighted by atomic mass is 10.1. The van der Waals surface area contributed by atoms with Gasteiger partial charge in [-0.25, -0.2) is 4.79 Å². The number of aromatic nitrogens is 1. The van der Waals surface area contributed by atoms with Crippen LogP contribution in [-0.4, -0.2) is 29.1 Å². The zero-order chi connectivity index (χ0) is 14.7. The van der Waals surface area contributed by atoms with Gasteiger partial charge in [0.15, 0.2) is 6.10 Å². The molecule has 7 nitrogen and oxygen atoms in total. The van der Waals surface area contributed by atoms with E-state index in [0.717, 1.165) is 0 Å². The molecule has 0 aliphatic carbocycles. The van der Waals surface area contributed by atoms with E-state index in [4.69, 9.17) is 4.74 Å². The van der Waals surface area contributed by atoms with E-state index < -0.39 is 17.0 Å². The molecule has 104 valence electrons. The standard InChI is InChI=1S/C13H12N2O5/c1-8(13(16)19-2)20-11-6-5-10(15(17)18)9-4-3-7-14-12(9)11/h3-8H,1-2H3/t8-/m1/s1. The Kier molecular flexibility index (Phi) is 3.79. The molecule has 0 unspecified atom stereocenters. The molecule has 1 atom stereocenters. The maximum absolute atomic E-state index is 11.4. The van der Waals surface area contributed by atoms with Crippen LogP contribution < -0.4 is 4.74 Å². The average molecular weight is 276 g/mol. The number of rotatable bonds is 4. The summed E-state index contributed by atoms with van der Waals surface area (Å²) in [5.74, 6) is -0.239. The first kappa shape index (κ1) is 13.7. The van der Waals surface area contributed by atoms with Crippen LogP contribution in [-0.2, 0) is 9.53 Å². The topological polar surface area (TPSA) is 91.6 Å². The first-order valence-electron chi connectivity index (χ1n) is 5.81. The lowest BCUT2D eigenvalue weighted by Gasteiger charge is -2.13. The smallest absolute Gasteiger partial charge is 0.346 e. The summed E-state index contributed by atoms with van der Waals surface area (Å²) in [6.07, 6.45) is 0.675. The second kappa shape index (κ2) is 5.52. The van der Waals surface area contributed by atoms with Gasteiger partial charge in [0.25, 0.3) is 5.69 Å². The lowest BCUT2D eigenvalue weighted by Crippen LogP contribution is -2.25. The number of nitro groups is 1. The third kappa shape index (κ3) is 2.51. The average Bonchev–Trinajstić information content (AvgIpc) is 2.46. The van der Waals surface area contributed by atoms with Gasteiger partial charge in [-0.3, -0.25) is 15.1 Å². The third-order valence-electron chi connectivity index (χ3n) is 2.74. The normalized spacial score (nSPS) is 11.9. The van der Waals surface area contributed by atoms with Crippen LogP contribution in [0.3, 0.4) is 0 Å². The van der Waals surface area contributed by atoms with Gasteiger partial charge in [-0.05, 0) is 25.1 Å². The van der Waals surface area contributed by atoms with Crippen LogP contribution in [0.15, 0.2) is 30.5 Å². The van der Waals surface area contributed by atoms with E-state index in [9.17, 15) is 14.9 Å². The fraction of sp³-hybridized carbons (Fsp3) is 0.231. The minimum absolute atomic E-state index is 0.0637. The summed E-state index contributed by atoms with van der Waals surface area (Å²) >= 11 is 0. The summed E-state index contributed by atoms with van der Waals surface area (Å²) in [4.78, 5) is 25.9. The molecule has 0 aliphatic heterocycles. The molecule has 0 saturated carbocycles. The Morgan fingerprint density at radius 1 is 1.40 bits per heavy atom. The van der Waals surface area contributed by atoms with Crippen molar-refractivity contribution < 1.29 is 19.2 Å². The number of non-ortho nitro benzene ring substituents is 1. The van der Waals surface area contributed by atoms with Gasteiger partial charge >= 0.3 is 5.97 Å². The number of fused-ring (bicyclic) bond motifs is 1. The maximum atomic E-state index is 11.4. The molecule has 0 aliphatic rings. The van der Waals surface area contributed by atoms with E-state index in [0.29, 0.717) is 16.7 Å². The minimum Gasteiger partial charge on any atom is -0.477 e. The number of hydrogen-bond acceptors (Lipinski definition) is 6. The Balaban J connectivity index is 2.48. The third-order valence-corrected chi connectivity index (χ3v) is 2.74. The summed E-state index contributed by atoms with van der Waals surface area (Å²) in [6, 6.07) is 5.93. The van der Waals surface area contributed by atoms with Crippen molar-refractivity contribution in [2.45, 2.75) is 13.0 Å². The van der Waals surface area contributed by atoms with E-state index in [1.165, 1.54) is 32.4 Å². The number of hydrogen-bond donors (Lipinski definition) is 0. The van der Waals surface area contributed by atoms with Crippen molar-refractivity contribution in [1.82, 2.24) is 4.98 Å². The number of nitrogens with zero attached hydrogens (tertiary/aromatic N) is 2. The fourth-order valence-electron chi connectivity index (χ4n) is 1.79. The van der Waals surface area contributed by atoms with Gasteiger partial charge in [-0.15, -0.1) is 0 Å². The summed E-state index contributed by atoms with van der Waals surface area (Å²) in [6.45, 7) is 1.53. The molecular weight excluding hydrogens is 264 g/mol. The summed E-state index contributed by atoms with van der Waals surface area (Å²) in [5.41, 5.74) is 0.267. The monoisotopic (exact) mass is 276 g/mol. The molecule has 0 amide bonds. The Hall–Kier alpha value is -2.70. The summed E-state index contributed by atoms with van der Waals surface area (Å²) in [7, 11) is 1.26. The van der Waals surface area contributed by atoms with Crippen molar-refractivity contribution >= 4 is 22.6 Å². The molecule has 0 spiro atoms. The van der Waals surface area contributed by atoms with Gasteiger partial charge in [0.1, 0.15) is 11.3 Å². The van der Waals surface area contributed by atoms with Crippen molar-refractivity contribution in [3.8, 4) is 5.75 Å². The highest BCUT2D eigenvalue weighted by Crippen LogP contribution is 2.31. The summed E-state index contributed by atoms with van der Waals surface area (Å²) in [5, 5.41) is 11.3. The highest BCUT2D eigenvalue weighted by atomic mass is 16.6. The molecule has 1 aromatic heterocycles. The molecule has 20 heavy (non-hydrogen) atoms. The highest BCUT2D eigenvalue weighted by molar-refractivity contribution is 5.92. The zero-order valence-electron chi connectivity index (χ0n) is 10.9. The number of carbonyl (C=O) groups is 1. The predicted octanol–water partition coefficient (Wildman–Crippen LogP) is 2.08. The number of benzene rings is 1.